The quantitative estimate of drug-likeness (QED) is 0.566. The van der Waals surface area contributed by atoms with Crippen LogP contribution in [-0.2, 0) is 13.2 Å². The number of nitrogens with zero attached hydrogens (tertiary/aromatic N) is 2. The van der Waals surface area contributed by atoms with E-state index in [2.05, 4.69) is 4.98 Å². The number of ether oxygens (including phenoxy) is 1. The number of aromatic nitrogens is 1. The fourth-order valence-corrected chi connectivity index (χ4v) is 3.62. The molecule has 28 heavy (non-hydrogen) atoms. The number of benzene rings is 2. The van der Waals surface area contributed by atoms with Crippen molar-refractivity contribution in [3.63, 3.8) is 0 Å². The molecule has 1 aromatic heterocycles. The summed E-state index contributed by atoms with van der Waals surface area (Å²) in [4.78, 5) is 19.3. The maximum atomic E-state index is 13.1. The molecule has 1 fully saturated rings. The molecule has 0 bridgehead atoms. The zero-order valence-corrected chi connectivity index (χ0v) is 16.4. The van der Waals surface area contributed by atoms with Gasteiger partial charge in [0, 0.05) is 18.0 Å². The van der Waals surface area contributed by atoms with Crippen LogP contribution in [0.2, 0.25) is 0 Å². The summed E-state index contributed by atoms with van der Waals surface area (Å²) in [7, 11) is 0. The molecule has 0 spiro atoms. The number of carbonyl (C=O) groups excluding carboxylic acids is 1. The lowest BCUT2D eigenvalue weighted by atomic mass is 10.2. The Kier molecular flexibility index (Phi) is 5.39. The number of hydrogen-bond donors (Lipinski definition) is 0. The van der Waals surface area contributed by atoms with Gasteiger partial charge in [-0.2, -0.15) is 0 Å². The molecule has 1 saturated carbocycles. The van der Waals surface area contributed by atoms with Crippen LogP contribution in [0.1, 0.15) is 39.5 Å². The SMILES string of the molecule is Cc1ccc(OCc2nc(C(=O)N(Cc3ccc(F)cc3)C3CC3)cs2)cc1. The van der Waals surface area contributed by atoms with E-state index in [0.29, 0.717) is 18.8 Å². The summed E-state index contributed by atoms with van der Waals surface area (Å²) >= 11 is 1.42. The van der Waals surface area contributed by atoms with Gasteiger partial charge in [-0.15, -0.1) is 11.3 Å². The van der Waals surface area contributed by atoms with Gasteiger partial charge in [-0.1, -0.05) is 29.8 Å². The second-order valence-electron chi connectivity index (χ2n) is 7.02. The van der Waals surface area contributed by atoms with Crippen LogP contribution < -0.4 is 4.74 Å². The highest BCUT2D eigenvalue weighted by atomic mass is 32.1. The summed E-state index contributed by atoms with van der Waals surface area (Å²) in [6.45, 7) is 2.83. The highest BCUT2D eigenvalue weighted by Crippen LogP contribution is 2.30. The van der Waals surface area contributed by atoms with Gasteiger partial charge >= 0.3 is 0 Å². The van der Waals surface area contributed by atoms with E-state index in [0.717, 1.165) is 29.2 Å². The van der Waals surface area contributed by atoms with Gasteiger partial charge in [-0.05, 0) is 49.6 Å². The predicted molar refractivity (Wildman–Crippen MR) is 107 cm³/mol. The molecule has 1 heterocycles. The molecule has 4 nitrogen and oxygen atoms in total. The number of amides is 1. The normalized spacial score (nSPS) is 13.4. The number of halogens is 1. The minimum absolute atomic E-state index is 0.0790. The number of carbonyl (C=O) groups is 1. The molecular weight excluding hydrogens is 375 g/mol. The van der Waals surface area contributed by atoms with Crippen molar-refractivity contribution in [3.05, 3.63) is 81.6 Å². The Morgan fingerprint density at radius 3 is 2.57 bits per heavy atom. The highest BCUT2D eigenvalue weighted by Gasteiger charge is 2.34. The fourth-order valence-electron chi connectivity index (χ4n) is 2.94. The molecule has 144 valence electrons. The van der Waals surface area contributed by atoms with Crippen molar-refractivity contribution in [1.82, 2.24) is 9.88 Å². The van der Waals surface area contributed by atoms with E-state index in [1.54, 1.807) is 17.5 Å². The standard InChI is InChI=1S/C22H21FN2O2S/c1-15-2-10-19(11-3-15)27-13-21-24-20(14-28-21)22(26)25(18-8-9-18)12-16-4-6-17(23)7-5-16/h2-7,10-11,14,18H,8-9,12-13H2,1H3. The fraction of sp³-hybridized carbons (Fsp3) is 0.273. The highest BCUT2D eigenvalue weighted by molar-refractivity contribution is 7.09. The molecule has 0 atom stereocenters. The van der Waals surface area contributed by atoms with Crippen LogP contribution in [0, 0.1) is 12.7 Å². The maximum absolute atomic E-state index is 13.1. The summed E-state index contributed by atoms with van der Waals surface area (Å²) in [6, 6.07) is 14.4. The van der Waals surface area contributed by atoms with Crippen molar-refractivity contribution in [2.75, 3.05) is 0 Å². The smallest absolute Gasteiger partial charge is 0.273 e. The zero-order valence-electron chi connectivity index (χ0n) is 15.6. The molecular formula is C22H21FN2O2S. The van der Waals surface area contributed by atoms with E-state index >= 15 is 0 Å². The minimum atomic E-state index is -0.272. The molecule has 0 N–H and O–H groups in total. The summed E-state index contributed by atoms with van der Waals surface area (Å²) in [5.41, 5.74) is 2.54. The average molecular weight is 396 g/mol. The number of rotatable bonds is 7. The van der Waals surface area contributed by atoms with Crippen LogP contribution in [0.3, 0.4) is 0 Å². The van der Waals surface area contributed by atoms with Gasteiger partial charge in [0.05, 0.1) is 0 Å². The zero-order chi connectivity index (χ0) is 19.5. The molecule has 4 rings (SSSR count). The predicted octanol–water partition coefficient (Wildman–Crippen LogP) is 4.97. The number of aryl methyl sites for hydroxylation is 1. The maximum Gasteiger partial charge on any atom is 0.273 e. The molecule has 2 aromatic carbocycles. The van der Waals surface area contributed by atoms with Gasteiger partial charge in [0.25, 0.3) is 5.91 Å². The molecule has 1 aliphatic carbocycles. The van der Waals surface area contributed by atoms with Gasteiger partial charge < -0.3 is 9.64 Å². The largest absolute Gasteiger partial charge is 0.486 e. The molecule has 0 saturated heterocycles. The van der Waals surface area contributed by atoms with Crippen molar-refractivity contribution < 1.29 is 13.9 Å². The topological polar surface area (TPSA) is 42.4 Å². The molecule has 0 aliphatic heterocycles. The van der Waals surface area contributed by atoms with Gasteiger partial charge in [0.1, 0.15) is 28.9 Å². The van der Waals surface area contributed by atoms with Crippen LogP contribution in [0.5, 0.6) is 5.75 Å². The molecule has 6 heteroatoms. The van der Waals surface area contributed by atoms with Gasteiger partial charge in [0.15, 0.2) is 0 Å². The van der Waals surface area contributed by atoms with E-state index in [-0.39, 0.29) is 17.8 Å². The molecule has 1 aliphatic rings. The lowest BCUT2D eigenvalue weighted by molar-refractivity contribution is 0.0724. The van der Waals surface area contributed by atoms with Crippen molar-refractivity contribution in [2.24, 2.45) is 0 Å². The van der Waals surface area contributed by atoms with Crippen LogP contribution in [0.15, 0.2) is 53.9 Å². The second kappa shape index (κ2) is 8.10. The average Bonchev–Trinajstić information content (AvgIpc) is 3.43. The Morgan fingerprint density at radius 2 is 1.89 bits per heavy atom. The van der Waals surface area contributed by atoms with E-state index < -0.39 is 0 Å². The Labute approximate surface area is 167 Å². The Bertz CT molecular complexity index is 949. The summed E-state index contributed by atoms with van der Waals surface area (Å²) < 4.78 is 18.9. The Morgan fingerprint density at radius 1 is 1.18 bits per heavy atom. The van der Waals surface area contributed by atoms with Crippen molar-refractivity contribution >= 4 is 17.2 Å². The van der Waals surface area contributed by atoms with Crippen LogP contribution in [-0.4, -0.2) is 21.8 Å². The lowest BCUT2D eigenvalue weighted by Gasteiger charge is -2.21. The third kappa shape index (κ3) is 4.57. The monoisotopic (exact) mass is 396 g/mol. The molecule has 0 unspecified atom stereocenters. The molecule has 0 radical (unpaired) electrons. The number of thiazole rings is 1. The lowest BCUT2D eigenvalue weighted by Crippen LogP contribution is -2.32. The second-order valence-corrected chi connectivity index (χ2v) is 7.96. The first-order valence-corrected chi connectivity index (χ1v) is 10.2. The van der Waals surface area contributed by atoms with Crippen LogP contribution >= 0.6 is 11.3 Å². The molecule has 3 aromatic rings. The first-order chi connectivity index (χ1) is 13.6. The summed E-state index contributed by atoms with van der Waals surface area (Å²) in [6.07, 6.45) is 2.00. The van der Waals surface area contributed by atoms with Crippen LogP contribution in [0.4, 0.5) is 4.39 Å². The van der Waals surface area contributed by atoms with Gasteiger partial charge in [-0.3, -0.25) is 4.79 Å². The minimum Gasteiger partial charge on any atom is -0.486 e. The van der Waals surface area contributed by atoms with E-state index in [9.17, 15) is 9.18 Å². The van der Waals surface area contributed by atoms with E-state index in [1.165, 1.54) is 29.0 Å². The van der Waals surface area contributed by atoms with E-state index in [4.69, 9.17) is 4.74 Å². The Balaban J connectivity index is 1.41. The third-order valence-electron chi connectivity index (χ3n) is 4.67. The van der Waals surface area contributed by atoms with E-state index in [1.807, 2.05) is 36.1 Å². The molecule has 1 amide bonds. The first-order valence-electron chi connectivity index (χ1n) is 9.28. The van der Waals surface area contributed by atoms with Crippen molar-refractivity contribution in [1.29, 1.82) is 0 Å². The Hall–Kier alpha value is -2.73. The first kappa shape index (κ1) is 18.6. The summed E-state index contributed by atoms with van der Waals surface area (Å²) in [5, 5.41) is 2.55. The van der Waals surface area contributed by atoms with Crippen molar-refractivity contribution in [2.45, 2.75) is 39.0 Å². The van der Waals surface area contributed by atoms with Gasteiger partial charge in [0.2, 0.25) is 0 Å². The summed E-state index contributed by atoms with van der Waals surface area (Å²) in [5.74, 6) is 0.431. The van der Waals surface area contributed by atoms with Crippen LogP contribution in [0.25, 0.3) is 0 Å². The van der Waals surface area contributed by atoms with Crippen molar-refractivity contribution in [3.8, 4) is 5.75 Å². The third-order valence-corrected chi connectivity index (χ3v) is 5.49. The van der Waals surface area contributed by atoms with Gasteiger partial charge in [-0.25, -0.2) is 9.37 Å². The number of hydrogen-bond acceptors (Lipinski definition) is 4.